The van der Waals surface area contributed by atoms with Gasteiger partial charge in [-0.15, -0.1) is 0 Å². The molecule has 0 bridgehead atoms. The lowest BCUT2D eigenvalue weighted by molar-refractivity contribution is 0.482. The summed E-state index contributed by atoms with van der Waals surface area (Å²) in [5, 5.41) is 8.00. The molecule has 5 aromatic rings. The number of hydrogen-bond donors (Lipinski definition) is 1. The summed E-state index contributed by atoms with van der Waals surface area (Å²) in [4.78, 5) is 17.0. The number of nitrogens with one attached hydrogen (secondary N) is 1. The minimum atomic E-state index is 0.326. The topological polar surface area (TPSA) is 90.1 Å². The zero-order chi connectivity index (χ0) is 20.7. The maximum atomic E-state index is 6.43. The highest BCUT2D eigenvalue weighted by molar-refractivity contribution is 9.10. The van der Waals surface area contributed by atoms with Crippen molar-refractivity contribution in [2.75, 3.05) is 5.32 Å². The fourth-order valence-corrected chi connectivity index (χ4v) is 3.48. The average molecular weight is 503 g/mol. The van der Waals surface area contributed by atoms with Gasteiger partial charge in [-0.2, -0.15) is 5.10 Å². The summed E-state index contributed by atoms with van der Waals surface area (Å²) in [6.07, 6.45) is 4.69. The van der Waals surface area contributed by atoms with Gasteiger partial charge >= 0.3 is 0 Å². The molecule has 0 aliphatic rings. The van der Waals surface area contributed by atoms with Crippen molar-refractivity contribution in [3.63, 3.8) is 0 Å². The van der Waals surface area contributed by atoms with Crippen molar-refractivity contribution in [2.45, 2.75) is 0 Å². The Morgan fingerprint density at radius 2 is 1.90 bits per heavy atom. The van der Waals surface area contributed by atoms with Gasteiger partial charge in [-0.1, -0.05) is 23.2 Å². The van der Waals surface area contributed by atoms with E-state index in [1.54, 1.807) is 41.0 Å². The molecule has 4 aromatic heterocycles. The van der Waals surface area contributed by atoms with E-state index in [0.29, 0.717) is 54.3 Å². The first kappa shape index (κ1) is 19.0. The molecule has 8 nitrogen and oxygen atoms in total. The van der Waals surface area contributed by atoms with Gasteiger partial charge in [0.25, 0.3) is 0 Å². The Bertz CT molecular complexity index is 1410. The van der Waals surface area contributed by atoms with E-state index in [-0.39, 0.29) is 0 Å². The summed E-state index contributed by atoms with van der Waals surface area (Å²) in [5.41, 5.74) is 2.58. The molecule has 0 aliphatic carbocycles. The average Bonchev–Trinajstić information content (AvgIpc) is 3.19. The summed E-state index contributed by atoms with van der Waals surface area (Å²) >= 11 is 15.9. The molecular formula is C19H10BrCl2N7O. The van der Waals surface area contributed by atoms with Crippen molar-refractivity contribution >= 4 is 67.3 Å². The van der Waals surface area contributed by atoms with Crippen molar-refractivity contribution < 1.29 is 4.74 Å². The van der Waals surface area contributed by atoms with Crippen molar-refractivity contribution in [3.05, 3.63) is 69.9 Å². The molecular weight excluding hydrogens is 493 g/mol. The summed E-state index contributed by atoms with van der Waals surface area (Å²) in [6.45, 7) is 0. The van der Waals surface area contributed by atoms with Crippen LogP contribution in [0.2, 0.25) is 10.2 Å². The van der Waals surface area contributed by atoms with E-state index in [4.69, 9.17) is 27.9 Å². The third-order valence-corrected chi connectivity index (χ3v) is 5.61. The van der Waals surface area contributed by atoms with E-state index >= 15 is 0 Å². The molecule has 0 spiro atoms. The third-order valence-electron chi connectivity index (χ3n) is 4.20. The Hall–Kier alpha value is -3.01. The summed E-state index contributed by atoms with van der Waals surface area (Å²) < 4.78 is 8.20. The first-order valence-electron chi connectivity index (χ1n) is 8.57. The van der Waals surface area contributed by atoms with Gasteiger partial charge < -0.3 is 10.1 Å². The zero-order valence-electron chi connectivity index (χ0n) is 14.9. The molecule has 5 rings (SSSR count). The molecule has 0 aliphatic heterocycles. The molecule has 11 heteroatoms. The van der Waals surface area contributed by atoms with Crippen molar-refractivity contribution in [1.82, 2.24) is 29.5 Å². The Labute approximate surface area is 188 Å². The number of aromatic nitrogens is 6. The molecule has 1 N–H and O–H groups in total. The van der Waals surface area contributed by atoms with Crippen molar-refractivity contribution in [3.8, 4) is 11.5 Å². The molecule has 0 saturated heterocycles. The van der Waals surface area contributed by atoms with Crippen LogP contribution in [0.1, 0.15) is 0 Å². The number of rotatable bonds is 4. The van der Waals surface area contributed by atoms with Crippen LogP contribution < -0.4 is 10.1 Å². The van der Waals surface area contributed by atoms with Crippen LogP contribution in [0, 0.1) is 0 Å². The zero-order valence-corrected chi connectivity index (χ0v) is 18.0. The first-order valence-corrected chi connectivity index (χ1v) is 10.1. The van der Waals surface area contributed by atoms with E-state index in [9.17, 15) is 0 Å². The fourth-order valence-electron chi connectivity index (χ4n) is 2.82. The van der Waals surface area contributed by atoms with E-state index in [1.807, 2.05) is 6.07 Å². The molecule has 0 saturated carbocycles. The van der Waals surface area contributed by atoms with Crippen LogP contribution in [0.4, 0.5) is 11.5 Å². The molecule has 0 radical (unpaired) electrons. The number of ether oxygens (including phenoxy) is 1. The molecule has 0 atom stereocenters. The number of fused-ring (bicyclic) bond motifs is 2. The second-order valence-corrected chi connectivity index (χ2v) is 7.77. The van der Waals surface area contributed by atoms with Gasteiger partial charge in [0, 0.05) is 18.0 Å². The van der Waals surface area contributed by atoms with E-state index in [2.05, 4.69) is 46.3 Å². The number of nitrogens with zero attached hydrogens (tertiary/aromatic N) is 6. The Morgan fingerprint density at radius 1 is 1.00 bits per heavy atom. The van der Waals surface area contributed by atoms with Crippen LogP contribution in [0.25, 0.3) is 16.7 Å². The van der Waals surface area contributed by atoms with E-state index < -0.39 is 0 Å². The highest BCUT2D eigenvalue weighted by Gasteiger charge is 2.11. The maximum absolute atomic E-state index is 6.43. The first-order chi connectivity index (χ1) is 14.6. The molecule has 148 valence electrons. The number of halogens is 3. The predicted molar refractivity (Wildman–Crippen MR) is 118 cm³/mol. The van der Waals surface area contributed by atoms with E-state index in [0.717, 1.165) is 0 Å². The van der Waals surface area contributed by atoms with Crippen LogP contribution in [0.15, 0.2) is 59.7 Å². The maximum Gasteiger partial charge on any atom is 0.160 e. The predicted octanol–water partition coefficient (Wildman–Crippen LogP) is 5.67. The molecule has 1 aromatic carbocycles. The molecule has 0 unspecified atom stereocenters. The number of hydrogen-bond acceptors (Lipinski definition) is 7. The lowest BCUT2D eigenvalue weighted by Crippen LogP contribution is -1.98. The van der Waals surface area contributed by atoms with Crippen molar-refractivity contribution in [2.24, 2.45) is 0 Å². The van der Waals surface area contributed by atoms with Crippen molar-refractivity contribution in [1.29, 1.82) is 0 Å². The summed E-state index contributed by atoms with van der Waals surface area (Å²) in [5.74, 6) is 1.62. The van der Waals surface area contributed by atoms with Gasteiger partial charge in [0.15, 0.2) is 11.5 Å². The Morgan fingerprint density at radius 3 is 2.77 bits per heavy atom. The van der Waals surface area contributed by atoms with Gasteiger partial charge in [-0.05, 0) is 46.3 Å². The number of pyridine rings is 2. The van der Waals surface area contributed by atoms with Crippen LogP contribution in [-0.4, -0.2) is 29.5 Å². The van der Waals surface area contributed by atoms with Gasteiger partial charge in [0.05, 0.1) is 15.0 Å². The molecule has 30 heavy (non-hydrogen) atoms. The van der Waals surface area contributed by atoms with Gasteiger partial charge in [0.1, 0.15) is 34.8 Å². The van der Waals surface area contributed by atoms with Crippen LogP contribution in [0.5, 0.6) is 11.5 Å². The highest BCUT2D eigenvalue weighted by atomic mass is 79.9. The number of anilines is 2. The van der Waals surface area contributed by atoms with Crippen LogP contribution in [0.3, 0.4) is 0 Å². The normalized spacial score (nSPS) is 11.2. The van der Waals surface area contributed by atoms with Gasteiger partial charge in [-0.25, -0.2) is 24.5 Å². The SMILES string of the molecule is Clc1cc(Nc2ncnc3cc(Br)c(Cl)nc23)ccc1Oc1ccn2ncnc2c1. The lowest BCUT2D eigenvalue weighted by atomic mass is 10.3. The molecule has 0 fully saturated rings. The molecule has 4 heterocycles. The third kappa shape index (κ3) is 3.62. The van der Waals surface area contributed by atoms with Gasteiger partial charge in [-0.3, -0.25) is 0 Å². The second-order valence-electron chi connectivity index (χ2n) is 6.15. The minimum absolute atomic E-state index is 0.326. The monoisotopic (exact) mass is 501 g/mol. The standard InChI is InChI=1S/C19H10BrCl2N7O/c20-12-7-14-17(28-18(12)22)19(25-8-23-14)27-10-1-2-15(13(21)5-10)30-11-3-4-29-16(6-11)24-9-26-29/h1-9H,(H,23,25,27). The quantitative estimate of drug-likeness (QED) is 0.316. The summed E-state index contributed by atoms with van der Waals surface area (Å²) in [6, 6.07) is 10.7. The fraction of sp³-hybridized carbons (Fsp3) is 0. The van der Waals surface area contributed by atoms with E-state index in [1.165, 1.54) is 12.7 Å². The Balaban J connectivity index is 1.42. The summed E-state index contributed by atoms with van der Waals surface area (Å²) in [7, 11) is 0. The lowest BCUT2D eigenvalue weighted by Gasteiger charge is -2.11. The van der Waals surface area contributed by atoms with Gasteiger partial charge in [0.2, 0.25) is 0 Å². The highest BCUT2D eigenvalue weighted by Crippen LogP contribution is 2.34. The second kappa shape index (κ2) is 7.67. The molecule has 0 amide bonds. The Kier molecular flexibility index (Phi) is 4.86. The number of benzene rings is 1. The van der Waals surface area contributed by atoms with Crippen LogP contribution in [-0.2, 0) is 0 Å². The smallest absolute Gasteiger partial charge is 0.160 e. The largest absolute Gasteiger partial charge is 0.456 e. The minimum Gasteiger partial charge on any atom is -0.456 e. The van der Waals surface area contributed by atoms with Crippen LogP contribution >= 0.6 is 39.1 Å².